The fourth-order valence-corrected chi connectivity index (χ4v) is 2.14. The third-order valence-corrected chi connectivity index (χ3v) is 3.26. The van der Waals surface area contributed by atoms with E-state index in [0.29, 0.717) is 0 Å². The quantitative estimate of drug-likeness (QED) is 0.589. The summed E-state index contributed by atoms with van der Waals surface area (Å²) >= 11 is 0. The summed E-state index contributed by atoms with van der Waals surface area (Å²) in [4.78, 5) is 0. The molecule has 0 saturated carbocycles. The first kappa shape index (κ1) is 13.2. The molecule has 0 unspecified atom stereocenters. The maximum Gasteiger partial charge on any atom is 0.126 e. The van der Waals surface area contributed by atoms with Gasteiger partial charge in [0.15, 0.2) is 0 Å². The van der Waals surface area contributed by atoms with Gasteiger partial charge >= 0.3 is 0 Å². The van der Waals surface area contributed by atoms with Crippen LogP contribution in [0.15, 0.2) is 24.3 Å². The molecule has 0 bridgehead atoms. The van der Waals surface area contributed by atoms with Crippen LogP contribution >= 0.6 is 0 Å². The van der Waals surface area contributed by atoms with E-state index < -0.39 is 0 Å². The molecule has 90 valence electrons. The van der Waals surface area contributed by atoms with Crippen molar-refractivity contribution in [3.8, 4) is 0 Å². The Hall–Kier alpha value is -0.850. The number of hydrogen-bond acceptors (Lipinski definition) is 0. The molecule has 1 aromatic carbocycles. The van der Waals surface area contributed by atoms with Crippen molar-refractivity contribution in [1.82, 2.24) is 0 Å². The van der Waals surface area contributed by atoms with Crippen molar-refractivity contribution >= 4 is 0 Å². The van der Waals surface area contributed by atoms with Crippen molar-refractivity contribution in [3.63, 3.8) is 0 Å². The largest absolute Gasteiger partial charge is 0.207 e. The fourth-order valence-electron chi connectivity index (χ4n) is 2.14. The third-order valence-electron chi connectivity index (χ3n) is 3.26. The lowest BCUT2D eigenvalue weighted by atomic mass is 9.79. The van der Waals surface area contributed by atoms with Gasteiger partial charge in [0.25, 0.3) is 0 Å². The Balaban J connectivity index is 2.59. The van der Waals surface area contributed by atoms with Crippen LogP contribution in [0, 0.1) is 5.82 Å². The van der Waals surface area contributed by atoms with E-state index in [1.165, 1.54) is 25.7 Å². The SMILES string of the molecule is CCCCCCC(C)(C)c1ccccc1F. The number of benzene rings is 1. The first-order valence-electron chi connectivity index (χ1n) is 6.33. The van der Waals surface area contributed by atoms with Crippen LogP contribution < -0.4 is 0 Å². The van der Waals surface area contributed by atoms with Crippen LogP contribution in [0.4, 0.5) is 4.39 Å². The average molecular weight is 222 g/mol. The summed E-state index contributed by atoms with van der Waals surface area (Å²) in [5.74, 6) is -0.0667. The number of halogens is 1. The van der Waals surface area contributed by atoms with Gasteiger partial charge in [-0.05, 0) is 23.5 Å². The van der Waals surface area contributed by atoms with Gasteiger partial charge in [-0.1, -0.05) is 64.7 Å². The second-order valence-corrected chi connectivity index (χ2v) is 5.17. The lowest BCUT2D eigenvalue weighted by Crippen LogP contribution is -2.18. The second kappa shape index (κ2) is 6.03. The number of rotatable bonds is 6. The highest BCUT2D eigenvalue weighted by molar-refractivity contribution is 5.25. The van der Waals surface area contributed by atoms with E-state index >= 15 is 0 Å². The van der Waals surface area contributed by atoms with Gasteiger partial charge in [-0.2, -0.15) is 0 Å². The number of unbranched alkanes of at least 4 members (excludes halogenated alkanes) is 3. The van der Waals surface area contributed by atoms with E-state index in [-0.39, 0.29) is 11.2 Å². The van der Waals surface area contributed by atoms with Crippen molar-refractivity contribution in [2.45, 2.75) is 58.3 Å². The fraction of sp³-hybridized carbons (Fsp3) is 0.600. The summed E-state index contributed by atoms with van der Waals surface area (Å²) in [5.41, 5.74) is 0.811. The van der Waals surface area contributed by atoms with Crippen LogP contribution in [0.5, 0.6) is 0 Å². The molecule has 0 aliphatic heterocycles. The maximum absolute atomic E-state index is 13.7. The lowest BCUT2D eigenvalue weighted by Gasteiger charge is -2.25. The molecule has 0 N–H and O–H groups in total. The highest BCUT2D eigenvalue weighted by Gasteiger charge is 2.22. The Morgan fingerprint density at radius 3 is 2.38 bits per heavy atom. The summed E-state index contributed by atoms with van der Waals surface area (Å²) in [6.07, 6.45) is 6.05. The molecule has 1 heteroatoms. The minimum absolute atomic E-state index is 0.0426. The Kier molecular flexibility index (Phi) is 4.98. The molecule has 0 saturated heterocycles. The third kappa shape index (κ3) is 3.62. The van der Waals surface area contributed by atoms with Gasteiger partial charge in [-0.15, -0.1) is 0 Å². The Morgan fingerprint density at radius 1 is 1.06 bits per heavy atom. The van der Waals surface area contributed by atoms with E-state index in [2.05, 4.69) is 20.8 Å². The van der Waals surface area contributed by atoms with Crippen molar-refractivity contribution in [2.75, 3.05) is 0 Å². The Morgan fingerprint density at radius 2 is 1.75 bits per heavy atom. The zero-order valence-corrected chi connectivity index (χ0v) is 10.7. The molecule has 0 nitrogen and oxygen atoms in total. The lowest BCUT2D eigenvalue weighted by molar-refractivity contribution is 0.425. The van der Waals surface area contributed by atoms with Crippen molar-refractivity contribution in [2.24, 2.45) is 0 Å². The van der Waals surface area contributed by atoms with E-state index in [4.69, 9.17) is 0 Å². The van der Waals surface area contributed by atoms with E-state index in [1.54, 1.807) is 12.1 Å². The summed E-state index contributed by atoms with van der Waals surface area (Å²) in [6, 6.07) is 7.15. The van der Waals surface area contributed by atoms with Gasteiger partial charge in [0.05, 0.1) is 0 Å². The molecule has 0 fully saturated rings. The maximum atomic E-state index is 13.7. The predicted octanol–water partition coefficient (Wildman–Crippen LogP) is 5.07. The molecule has 0 amide bonds. The summed E-state index contributed by atoms with van der Waals surface area (Å²) in [5, 5.41) is 0. The van der Waals surface area contributed by atoms with Crippen LogP contribution in [0.25, 0.3) is 0 Å². The van der Waals surface area contributed by atoms with Gasteiger partial charge < -0.3 is 0 Å². The molecular weight excluding hydrogens is 199 g/mol. The second-order valence-electron chi connectivity index (χ2n) is 5.17. The molecular formula is C15H23F. The first-order valence-corrected chi connectivity index (χ1v) is 6.33. The predicted molar refractivity (Wildman–Crippen MR) is 68.2 cm³/mol. The highest BCUT2D eigenvalue weighted by Crippen LogP contribution is 2.31. The Labute approximate surface area is 98.9 Å². The highest BCUT2D eigenvalue weighted by atomic mass is 19.1. The normalized spacial score (nSPS) is 11.8. The average Bonchev–Trinajstić information content (AvgIpc) is 2.25. The van der Waals surface area contributed by atoms with Gasteiger partial charge in [0.1, 0.15) is 5.82 Å². The van der Waals surface area contributed by atoms with E-state index in [9.17, 15) is 4.39 Å². The molecule has 0 aromatic heterocycles. The van der Waals surface area contributed by atoms with Crippen LogP contribution in [0.1, 0.15) is 58.4 Å². The monoisotopic (exact) mass is 222 g/mol. The summed E-state index contributed by atoms with van der Waals surface area (Å²) in [6.45, 7) is 6.48. The van der Waals surface area contributed by atoms with Gasteiger partial charge in [-0.3, -0.25) is 0 Å². The number of hydrogen-bond donors (Lipinski definition) is 0. The first-order chi connectivity index (χ1) is 7.58. The molecule has 1 aromatic rings. The van der Waals surface area contributed by atoms with Crippen molar-refractivity contribution in [1.29, 1.82) is 0 Å². The molecule has 0 radical (unpaired) electrons. The molecule has 0 aliphatic rings. The smallest absolute Gasteiger partial charge is 0.126 e. The van der Waals surface area contributed by atoms with Gasteiger partial charge in [0, 0.05) is 0 Å². The van der Waals surface area contributed by atoms with Crippen LogP contribution in [0.2, 0.25) is 0 Å². The topological polar surface area (TPSA) is 0 Å². The molecule has 0 spiro atoms. The minimum Gasteiger partial charge on any atom is -0.207 e. The molecule has 16 heavy (non-hydrogen) atoms. The summed E-state index contributed by atoms with van der Waals surface area (Å²) < 4.78 is 13.7. The molecule has 1 rings (SSSR count). The van der Waals surface area contributed by atoms with Gasteiger partial charge in [0.2, 0.25) is 0 Å². The molecule has 0 aliphatic carbocycles. The van der Waals surface area contributed by atoms with Crippen molar-refractivity contribution < 1.29 is 4.39 Å². The summed E-state index contributed by atoms with van der Waals surface area (Å²) in [7, 11) is 0. The molecule has 0 atom stereocenters. The van der Waals surface area contributed by atoms with Crippen LogP contribution in [-0.2, 0) is 5.41 Å². The van der Waals surface area contributed by atoms with E-state index in [0.717, 1.165) is 12.0 Å². The van der Waals surface area contributed by atoms with Crippen molar-refractivity contribution in [3.05, 3.63) is 35.6 Å². The van der Waals surface area contributed by atoms with Crippen LogP contribution in [0.3, 0.4) is 0 Å². The van der Waals surface area contributed by atoms with E-state index in [1.807, 2.05) is 12.1 Å². The zero-order chi connectivity index (χ0) is 12.0. The standard InChI is InChI=1S/C15H23F/c1-4-5-6-9-12-15(2,3)13-10-7-8-11-14(13)16/h7-8,10-11H,4-6,9,12H2,1-3H3. The zero-order valence-electron chi connectivity index (χ0n) is 10.7. The Bertz CT molecular complexity index is 315. The van der Waals surface area contributed by atoms with Crippen LogP contribution in [-0.4, -0.2) is 0 Å². The minimum atomic E-state index is -0.0667. The molecule has 0 heterocycles. The van der Waals surface area contributed by atoms with Gasteiger partial charge in [-0.25, -0.2) is 4.39 Å².